The van der Waals surface area contributed by atoms with Gasteiger partial charge < -0.3 is 24.8 Å². The highest BCUT2D eigenvalue weighted by Gasteiger charge is 2.28. The molecule has 42 heavy (non-hydrogen) atoms. The molecule has 0 unspecified atom stereocenters. The minimum atomic E-state index is -1.03. The first-order chi connectivity index (χ1) is 20.4. The lowest BCUT2D eigenvalue weighted by Gasteiger charge is -2.22. The number of nitrogens with one attached hydrogen (secondary N) is 1. The molecule has 216 valence electrons. The molecule has 1 aliphatic rings. The lowest BCUT2D eigenvalue weighted by molar-refractivity contribution is 0.0746. The van der Waals surface area contributed by atoms with Crippen LogP contribution < -0.4 is 14.8 Å². The van der Waals surface area contributed by atoms with E-state index in [1.807, 2.05) is 89.8 Å². The van der Waals surface area contributed by atoms with Gasteiger partial charge in [0.1, 0.15) is 24.7 Å². The average Bonchev–Trinajstić information content (AvgIpc) is 3.43. The summed E-state index contributed by atoms with van der Waals surface area (Å²) in [7, 11) is 0. The summed E-state index contributed by atoms with van der Waals surface area (Å²) in [5.41, 5.74) is 6.74. The normalized spacial score (nSPS) is 12.2. The van der Waals surface area contributed by atoms with E-state index in [1.54, 1.807) is 0 Å². The standard InChI is InChI=1S/C35H36N2O5/c1-24(2)30-18-31(34(38)37-20-28-14-13-25(17-29(28)21-37)15-16-36-35(39)40)33(42-23-27-11-7-4-8-12-27)19-32(30)41-22-26-9-5-3-6-10-26/h3-14,17-19,24,36H,15-16,20-23H2,1-2H3,(H,39,40). The molecule has 0 aromatic heterocycles. The number of hydrogen-bond acceptors (Lipinski definition) is 4. The molecule has 1 heterocycles. The summed E-state index contributed by atoms with van der Waals surface area (Å²) in [6.07, 6.45) is -0.442. The molecule has 7 nitrogen and oxygen atoms in total. The van der Waals surface area contributed by atoms with Gasteiger partial charge in [0.05, 0.1) is 5.56 Å². The van der Waals surface area contributed by atoms with Crippen molar-refractivity contribution >= 4 is 12.0 Å². The van der Waals surface area contributed by atoms with Crippen LogP contribution in [-0.2, 0) is 32.7 Å². The summed E-state index contributed by atoms with van der Waals surface area (Å²) in [5, 5.41) is 11.3. The van der Waals surface area contributed by atoms with Crippen LogP contribution in [0.25, 0.3) is 0 Å². The maximum atomic E-state index is 14.1. The van der Waals surface area contributed by atoms with Gasteiger partial charge in [-0.25, -0.2) is 4.79 Å². The van der Waals surface area contributed by atoms with Crippen LogP contribution >= 0.6 is 0 Å². The fourth-order valence-electron chi connectivity index (χ4n) is 5.14. The van der Waals surface area contributed by atoms with E-state index in [1.165, 1.54) is 0 Å². The molecule has 1 aliphatic heterocycles. The molecule has 0 saturated carbocycles. The highest BCUT2D eigenvalue weighted by atomic mass is 16.5. The smallest absolute Gasteiger partial charge is 0.404 e. The van der Waals surface area contributed by atoms with Crippen molar-refractivity contribution in [2.24, 2.45) is 0 Å². The van der Waals surface area contributed by atoms with Crippen LogP contribution in [-0.4, -0.2) is 28.6 Å². The first-order valence-corrected chi connectivity index (χ1v) is 14.3. The van der Waals surface area contributed by atoms with Crippen LogP contribution in [0.1, 0.15) is 63.5 Å². The van der Waals surface area contributed by atoms with Gasteiger partial charge in [0.2, 0.25) is 0 Å². The highest BCUT2D eigenvalue weighted by Crippen LogP contribution is 2.37. The highest BCUT2D eigenvalue weighted by molar-refractivity contribution is 5.98. The van der Waals surface area contributed by atoms with E-state index in [0.717, 1.165) is 33.4 Å². The molecule has 2 N–H and O–H groups in total. The van der Waals surface area contributed by atoms with Crippen molar-refractivity contribution in [2.75, 3.05) is 6.54 Å². The van der Waals surface area contributed by atoms with Crippen molar-refractivity contribution in [1.82, 2.24) is 10.2 Å². The van der Waals surface area contributed by atoms with E-state index in [0.29, 0.717) is 56.3 Å². The number of carbonyl (C=O) groups is 2. The number of hydrogen-bond donors (Lipinski definition) is 2. The molecule has 4 aromatic rings. The van der Waals surface area contributed by atoms with Gasteiger partial charge in [-0.2, -0.15) is 0 Å². The number of rotatable bonds is 11. The Morgan fingerprint density at radius 1 is 0.786 bits per heavy atom. The largest absolute Gasteiger partial charge is 0.488 e. The number of amides is 2. The molecule has 0 spiro atoms. The molecule has 7 heteroatoms. The summed E-state index contributed by atoms with van der Waals surface area (Å²) in [5.74, 6) is 1.23. The zero-order valence-corrected chi connectivity index (χ0v) is 24.0. The molecular formula is C35H36N2O5. The molecular weight excluding hydrogens is 528 g/mol. The van der Waals surface area contributed by atoms with E-state index in [9.17, 15) is 9.59 Å². The van der Waals surface area contributed by atoms with Crippen LogP contribution in [0, 0.1) is 0 Å². The maximum absolute atomic E-state index is 14.1. The number of carboxylic acid groups (broad SMARTS) is 1. The van der Waals surface area contributed by atoms with Crippen LogP contribution in [0.4, 0.5) is 4.79 Å². The van der Waals surface area contributed by atoms with Gasteiger partial charge in [-0.05, 0) is 51.8 Å². The lowest BCUT2D eigenvalue weighted by atomic mass is 9.98. The SMILES string of the molecule is CC(C)c1cc(C(=O)N2Cc3ccc(CCNC(=O)O)cc3C2)c(OCc2ccccc2)cc1OCc1ccccc1. The Kier molecular flexibility index (Phi) is 9.07. The molecule has 5 rings (SSSR count). The predicted molar refractivity (Wildman–Crippen MR) is 162 cm³/mol. The third kappa shape index (κ3) is 7.10. The molecule has 0 fully saturated rings. The van der Waals surface area contributed by atoms with E-state index in [2.05, 4.69) is 25.2 Å². The Bertz CT molecular complexity index is 1540. The fraction of sp³-hybridized carbons (Fsp3) is 0.257. The first-order valence-electron chi connectivity index (χ1n) is 14.3. The van der Waals surface area contributed by atoms with Gasteiger partial charge in [0.25, 0.3) is 5.91 Å². The number of nitrogens with zero attached hydrogens (tertiary/aromatic N) is 1. The summed E-state index contributed by atoms with van der Waals surface area (Å²) >= 11 is 0. The summed E-state index contributed by atoms with van der Waals surface area (Å²) in [4.78, 5) is 26.7. The van der Waals surface area contributed by atoms with Gasteiger partial charge in [-0.3, -0.25) is 4.79 Å². The van der Waals surface area contributed by atoms with Crippen molar-refractivity contribution in [3.63, 3.8) is 0 Å². The Morgan fingerprint density at radius 3 is 2.02 bits per heavy atom. The zero-order chi connectivity index (χ0) is 29.5. The monoisotopic (exact) mass is 564 g/mol. The molecule has 0 aliphatic carbocycles. The molecule has 0 radical (unpaired) electrons. The Labute approximate surface area is 246 Å². The van der Waals surface area contributed by atoms with Crippen LogP contribution in [0.5, 0.6) is 11.5 Å². The van der Waals surface area contributed by atoms with Crippen molar-refractivity contribution in [1.29, 1.82) is 0 Å². The van der Waals surface area contributed by atoms with E-state index in [4.69, 9.17) is 14.6 Å². The van der Waals surface area contributed by atoms with Crippen LogP contribution in [0.2, 0.25) is 0 Å². The molecule has 4 aromatic carbocycles. The van der Waals surface area contributed by atoms with E-state index >= 15 is 0 Å². The topological polar surface area (TPSA) is 88.1 Å². The van der Waals surface area contributed by atoms with Crippen molar-refractivity contribution in [3.05, 3.63) is 130 Å². The van der Waals surface area contributed by atoms with Gasteiger partial charge in [-0.15, -0.1) is 0 Å². The van der Waals surface area contributed by atoms with Gasteiger partial charge in [-0.1, -0.05) is 92.7 Å². The quantitative estimate of drug-likeness (QED) is 0.206. The predicted octanol–water partition coefficient (Wildman–Crippen LogP) is 6.93. The van der Waals surface area contributed by atoms with Crippen molar-refractivity contribution in [2.45, 2.75) is 52.5 Å². The molecule has 2 amide bonds. The van der Waals surface area contributed by atoms with Gasteiger partial charge in [0, 0.05) is 25.7 Å². The van der Waals surface area contributed by atoms with Gasteiger partial charge >= 0.3 is 6.09 Å². The van der Waals surface area contributed by atoms with Crippen molar-refractivity contribution in [3.8, 4) is 11.5 Å². The Hall–Kier alpha value is -4.78. The number of carbonyl (C=O) groups excluding carboxylic acids is 1. The van der Waals surface area contributed by atoms with Crippen LogP contribution in [0.3, 0.4) is 0 Å². The second-order valence-corrected chi connectivity index (χ2v) is 10.8. The third-order valence-electron chi connectivity index (χ3n) is 7.41. The average molecular weight is 565 g/mol. The van der Waals surface area contributed by atoms with E-state index in [-0.39, 0.29) is 11.8 Å². The molecule has 0 atom stereocenters. The Morgan fingerprint density at radius 2 is 1.40 bits per heavy atom. The minimum absolute atomic E-state index is 0.0973. The lowest BCUT2D eigenvalue weighted by Crippen LogP contribution is -2.26. The molecule has 0 saturated heterocycles. The van der Waals surface area contributed by atoms with Gasteiger partial charge in [0.15, 0.2) is 0 Å². The molecule has 0 bridgehead atoms. The summed E-state index contributed by atoms with van der Waals surface area (Å²) < 4.78 is 12.6. The third-order valence-corrected chi connectivity index (χ3v) is 7.41. The van der Waals surface area contributed by atoms with Crippen molar-refractivity contribution < 1.29 is 24.2 Å². The zero-order valence-electron chi connectivity index (χ0n) is 24.0. The second kappa shape index (κ2) is 13.3. The second-order valence-electron chi connectivity index (χ2n) is 10.8. The number of fused-ring (bicyclic) bond motifs is 1. The van der Waals surface area contributed by atoms with E-state index < -0.39 is 6.09 Å². The fourth-order valence-corrected chi connectivity index (χ4v) is 5.14. The number of benzene rings is 4. The summed E-state index contributed by atoms with van der Waals surface area (Å²) in [6, 6.07) is 29.8. The van der Waals surface area contributed by atoms with Crippen LogP contribution in [0.15, 0.2) is 91.0 Å². The number of ether oxygens (including phenoxy) is 2. The maximum Gasteiger partial charge on any atom is 0.404 e. The Balaban J connectivity index is 1.41. The summed E-state index contributed by atoms with van der Waals surface area (Å²) in [6.45, 7) is 6.26. The minimum Gasteiger partial charge on any atom is -0.488 e. The first kappa shape index (κ1) is 28.7.